The maximum Gasteiger partial charge on any atom is 0.408 e. The highest BCUT2D eigenvalue weighted by molar-refractivity contribution is 5.85. The van der Waals surface area contributed by atoms with Crippen LogP contribution in [0, 0.1) is 0 Å². The van der Waals surface area contributed by atoms with Crippen molar-refractivity contribution in [2.75, 3.05) is 0 Å². The fourth-order valence-electron chi connectivity index (χ4n) is 3.47. The van der Waals surface area contributed by atoms with Gasteiger partial charge in [0.15, 0.2) is 0 Å². The predicted molar refractivity (Wildman–Crippen MR) is 128 cm³/mol. The quantitative estimate of drug-likeness (QED) is 0.477. The van der Waals surface area contributed by atoms with E-state index in [4.69, 9.17) is 9.47 Å². The smallest absolute Gasteiger partial charge is 0.408 e. The van der Waals surface area contributed by atoms with E-state index in [-0.39, 0.29) is 12.8 Å². The number of carbonyl (C=O) groups is 3. The fraction of sp³-hybridized carbons (Fsp3) is 0.296. The Morgan fingerprint density at radius 1 is 0.853 bits per heavy atom. The maximum absolute atomic E-state index is 13.0. The minimum Gasteiger partial charge on any atom is -0.478 e. The first-order valence-corrected chi connectivity index (χ1v) is 11.0. The minimum absolute atomic E-state index is 0.00357. The van der Waals surface area contributed by atoms with Crippen molar-refractivity contribution in [3.63, 3.8) is 0 Å². The summed E-state index contributed by atoms with van der Waals surface area (Å²) < 4.78 is 10.7. The number of fused-ring (bicyclic) bond motifs is 1. The molecule has 0 saturated carbocycles. The summed E-state index contributed by atoms with van der Waals surface area (Å²) in [5.41, 5.74) is 0.742. The molecule has 3 rings (SSSR count). The molecule has 0 saturated heterocycles. The molecule has 0 radical (unpaired) electrons. The van der Waals surface area contributed by atoms with Crippen molar-refractivity contribution in [2.24, 2.45) is 0 Å². The second-order valence-corrected chi connectivity index (χ2v) is 9.04. The van der Waals surface area contributed by atoms with Gasteiger partial charge < -0.3 is 19.9 Å². The third-order valence-corrected chi connectivity index (χ3v) is 5.03. The van der Waals surface area contributed by atoms with Crippen LogP contribution in [0.5, 0.6) is 0 Å². The van der Waals surface area contributed by atoms with Gasteiger partial charge in [0.05, 0.1) is 0 Å². The summed E-state index contributed by atoms with van der Waals surface area (Å²) in [6.07, 6.45) is -2.07. The highest BCUT2D eigenvalue weighted by Crippen LogP contribution is 2.18. The molecule has 7 heteroatoms. The normalized spacial score (nSPS) is 13.0. The highest BCUT2D eigenvalue weighted by Gasteiger charge is 2.30. The monoisotopic (exact) mass is 463 g/mol. The molecule has 178 valence electrons. The Labute approximate surface area is 198 Å². The number of carbonyl (C=O) groups excluding carboxylic acids is 2. The number of nitrogens with one attached hydrogen (secondary N) is 1. The Morgan fingerprint density at radius 3 is 2.15 bits per heavy atom. The van der Waals surface area contributed by atoms with Gasteiger partial charge in [-0.15, -0.1) is 0 Å². The molecule has 7 nitrogen and oxygen atoms in total. The van der Waals surface area contributed by atoms with Crippen molar-refractivity contribution >= 4 is 28.8 Å². The molecule has 34 heavy (non-hydrogen) atoms. The number of carboxylic acids is 1. The summed E-state index contributed by atoms with van der Waals surface area (Å²) in [5, 5.41) is 14.2. The number of esters is 1. The number of benzene rings is 3. The lowest BCUT2D eigenvalue weighted by atomic mass is 10.0. The van der Waals surface area contributed by atoms with Crippen LogP contribution >= 0.6 is 0 Å². The van der Waals surface area contributed by atoms with E-state index in [0.29, 0.717) is 0 Å². The van der Waals surface area contributed by atoms with Crippen LogP contribution in [0.25, 0.3) is 10.8 Å². The van der Waals surface area contributed by atoms with Crippen molar-refractivity contribution < 1.29 is 29.0 Å². The number of ether oxygens (including phenoxy) is 2. The molecule has 0 unspecified atom stereocenters. The molecule has 0 aliphatic heterocycles. The number of alkyl carbamates (subject to hydrolysis) is 1. The molecule has 3 aromatic rings. The van der Waals surface area contributed by atoms with E-state index in [1.165, 1.54) is 0 Å². The lowest BCUT2D eigenvalue weighted by Crippen LogP contribution is -2.47. The van der Waals surface area contributed by atoms with Crippen molar-refractivity contribution in [3.8, 4) is 0 Å². The van der Waals surface area contributed by atoms with Gasteiger partial charge in [0.25, 0.3) is 0 Å². The molecule has 2 N–H and O–H groups in total. The summed E-state index contributed by atoms with van der Waals surface area (Å²) in [4.78, 5) is 37.3. The fourth-order valence-corrected chi connectivity index (χ4v) is 3.47. The maximum atomic E-state index is 13.0. The van der Waals surface area contributed by atoms with Gasteiger partial charge in [-0.1, -0.05) is 72.8 Å². The van der Waals surface area contributed by atoms with E-state index < -0.39 is 35.8 Å². The zero-order valence-electron chi connectivity index (χ0n) is 19.5. The van der Waals surface area contributed by atoms with E-state index in [1.54, 1.807) is 32.9 Å². The molecule has 1 amide bonds. The molecule has 0 fully saturated rings. The summed E-state index contributed by atoms with van der Waals surface area (Å²) in [6, 6.07) is 21.3. The predicted octanol–water partition coefficient (Wildman–Crippen LogP) is 4.51. The largest absolute Gasteiger partial charge is 0.478 e. The zero-order valence-corrected chi connectivity index (χ0v) is 19.5. The number of hydrogen-bond donors (Lipinski definition) is 2. The van der Waals surface area contributed by atoms with Gasteiger partial charge in [0, 0.05) is 12.8 Å². The zero-order chi connectivity index (χ0) is 24.7. The van der Waals surface area contributed by atoms with Crippen molar-refractivity contribution in [1.82, 2.24) is 5.32 Å². The van der Waals surface area contributed by atoms with Gasteiger partial charge in [0.2, 0.25) is 6.10 Å². The van der Waals surface area contributed by atoms with Gasteiger partial charge in [-0.3, -0.25) is 0 Å². The first-order chi connectivity index (χ1) is 16.1. The highest BCUT2D eigenvalue weighted by atomic mass is 16.6. The lowest BCUT2D eigenvalue weighted by Gasteiger charge is -2.24. The van der Waals surface area contributed by atoms with Crippen LogP contribution in [0.3, 0.4) is 0 Å². The van der Waals surface area contributed by atoms with Crippen molar-refractivity contribution in [1.29, 1.82) is 0 Å². The Morgan fingerprint density at radius 2 is 1.50 bits per heavy atom. The van der Waals surface area contributed by atoms with Gasteiger partial charge in [-0.05, 0) is 42.7 Å². The molecule has 3 aromatic carbocycles. The lowest BCUT2D eigenvalue weighted by molar-refractivity contribution is -0.165. The number of amides is 1. The van der Waals surface area contributed by atoms with E-state index in [2.05, 4.69) is 5.32 Å². The molecular formula is C27H29NO6. The number of aliphatic carboxylic acids is 1. The molecule has 0 bridgehead atoms. The SMILES string of the molecule is CC(C)(C)OC(=O)N[C@@H](Cc1ccccc1)C(=O)O[C@H](Cc1ccc2ccccc2c1)C(=O)O. The number of rotatable bonds is 8. The van der Waals surface area contributed by atoms with Gasteiger partial charge in [-0.25, -0.2) is 14.4 Å². The third-order valence-electron chi connectivity index (χ3n) is 5.03. The Balaban J connectivity index is 1.76. The molecule has 0 aromatic heterocycles. The second kappa shape index (κ2) is 10.8. The standard InChI is InChI=1S/C27H29NO6/c1-27(2,3)34-26(32)28-22(16-18-9-5-4-6-10-18)25(31)33-23(24(29)30)17-19-13-14-20-11-7-8-12-21(20)15-19/h4-15,22-23H,16-17H2,1-3H3,(H,28,32)(H,29,30)/t22-,23+/m0/s1. The summed E-state index contributed by atoms with van der Waals surface area (Å²) in [7, 11) is 0. The first kappa shape index (κ1) is 24.8. The molecule has 0 aliphatic carbocycles. The molecule has 0 spiro atoms. The Kier molecular flexibility index (Phi) is 7.89. The number of hydrogen-bond acceptors (Lipinski definition) is 5. The van der Waals surface area contributed by atoms with Crippen LogP contribution in [0.2, 0.25) is 0 Å². The van der Waals surface area contributed by atoms with Crippen molar-refractivity contribution in [2.45, 2.75) is 51.4 Å². The van der Waals surface area contributed by atoms with E-state index >= 15 is 0 Å². The van der Waals surface area contributed by atoms with Crippen LogP contribution in [0.4, 0.5) is 4.79 Å². The van der Waals surface area contributed by atoms with Crippen LogP contribution in [0.1, 0.15) is 31.9 Å². The second-order valence-electron chi connectivity index (χ2n) is 9.04. The van der Waals surface area contributed by atoms with Crippen LogP contribution < -0.4 is 5.32 Å². The van der Waals surface area contributed by atoms with Gasteiger partial charge in [0.1, 0.15) is 11.6 Å². The first-order valence-electron chi connectivity index (χ1n) is 11.0. The topological polar surface area (TPSA) is 102 Å². The average Bonchev–Trinajstić information content (AvgIpc) is 2.77. The van der Waals surface area contributed by atoms with E-state index in [0.717, 1.165) is 21.9 Å². The molecule has 0 aliphatic rings. The van der Waals surface area contributed by atoms with E-state index in [1.807, 2.05) is 60.7 Å². The van der Waals surface area contributed by atoms with Gasteiger partial charge >= 0.3 is 18.0 Å². The van der Waals surface area contributed by atoms with Crippen LogP contribution in [-0.4, -0.2) is 40.9 Å². The minimum atomic E-state index is -1.41. The Hall–Kier alpha value is -3.87. The Bertz CT molecular complexity index is 1150. The van der Waals surface area contributed by atoms with Crippen LogP contribution in [0.15, 0.2) is 72.8 Å². The summed E-state index contributed by atoms with van der Waals surface area (Å²) in [6.45, 7) is 5.13. The molecule has 0 heterocycles. The van der Waals surface area contributed by atoms with Crippen molar-refractivity contribution in [3.05, 3.63) is 83.9 Å². The summed E-state index contributed by atoms with van der Waals surface area (Å²) >= 11 is 0. The molecule has 2 atom stereocenters. The summed E-state index contributed by atoms with van der Waals surface area (Å²) in [5.74, 6) is -2.11. The average molecular weight is 464 g/mol. The number of carboxylic acid groups (broad SMARTS) is 1. The van der Waals surface area contributed by atoms with Crippen LogP contribution in [-0.2, 0) is 31.9 Å². The molecular weight excluding hydrogens is 434 g/mol. The third kappa shape index (κ3) is 7.33. The van der Waals surface area contributed by atoms with Gasteiger partial charge in [-0.2, -0.15) is 0 Å². The van der Waals surface area contributed by atoms with E-state index in [9.17, 15) is 19.5 Å².